The molecule has 27 heavy (non-hydrogen) atoms. The molecule has 0 spiro atoms. The van der Waals surface area contributed by atoms with Crippen molar-refractivity contribution in [1.82, 2.24) is 10.6 Å². The smallest absolute Gasteiger partial charge is 0.221 e. The van der Waals surface area contributed by atoms with Gasteiger partial charge in [-0.1, -0.05) is 18.2 Å². The molecule has 0 aliphatic carbocycles. The number of carbonyl (C=O) groups excluding carboxylic acids is 1. The summed E-state index contributed by atoms with van der Waals surface area (Å²) in [6.45, 7) is 4.67. The van der Waals surface area contributed by atoms with Crippen molar-refractivity contribution in [2.24, 2.45) is 4.99 Å². The van der Waals surface area contributed by atoms with Crippen molar-refractivity contribution < 1.29 is 9.18 Å². The summed E-state index contributed by atoms with van der Waals surface area (Å²) in [5, 5.41) is 9.26. The molecule has 0 aromatic heterocycles. The SMILES string of the molecule is CN=C(NCCc1ccc(F)cc1C)NCc1cccc(NC(C)=O)c1.I. The molecule has 7 heteroatoms. The second kappa shape index (κ2) is 11.5. The van der Waals surface area contributed by atoms with E-state index in [4.69, 9.17) is 0 Å². The molecule has 3 N–H and O–H groups in total. The lowest BCUT2D eigenvalue weighted by Crippen LogP contribution is -2.37. The molecule has 0 aliphatic rings. The van der Waals surface area contributed by atoms with Crippen molar-refractivity contribution in [2.75, 3.05) is 18.9 Å². The van der Waals surface area contributed by atoms with Gasteiger partial charge in [0.15, 0.2) is 5.96 Å². The number of rotatable bonds is 6. The molecule has 146 valence electrons. The summed E-state index contributed by atoms with van der Waals surface area (Å²) in [4.78, 5) is 15.3. The van der Waals surface area contributed by atoms with E-state index in [2.05, 4.69) is 20.9 Å². The van der Waals surface area contributed by atoms with E-state index >= 15 is 0 Å². The maximum atomic E-state index is 13.1. The van der Waals surface area contributed by atoms with Crippen LogP contribution in [0.5, 0.6) is 0 Å². The molecule has 0 bridgehead atoms. The summed E-state index contributed by atoms with van der Waals surface area (Å²) in [5.74, 6) is 0.386. The van der Waals surface area contributed by atoms with Gasteiger partial charge in [-0.15, -0.1) is 24.0 Å². The largest absolute Gasteiger partial charge is 0.356 e. The fourth-order valence-electron chi connectivity index (χ4n) is 2.62. The number of anilines is 1. The van der Waals surface area contributed by atoms with Crippen LogP contribution in [0.4, 0.5) is 10.1 Å². The van der Waals surface area contributed by atoms with Crippen LogP contribution in [-0.2, 0) is 17.8 Å². The minimum Gasteiger partial charge on any atom is -0.356 e. The lowest BCUT2D eigenvalue weighted by atomic mass is 10.1. The molecular weight excluding hydrogens is 458 g/mol. The zero-order valence-corrected chi connectivity index (χ0v) is 18.1. The molecule has 0 unspecified atom stereocenters. The van der Waals surface area contributed by atoms with Gasteiger partial charge >= 0.3 is 0 Å². The molecule has 2 rings (SSSR count). The van der Waals surface area contributed by atoms with Crippen LogP contribution in [0.3, 0.4) is 0 Å². The first-order chi connectivity index (χ1) is 12.5. The van der Waals surface area contributed by atoms with E-state index in [0.717, 1.165) is 28.8 Å². The van der Waals surface area contributed by atoms with E-state index in [0.29, 0.717) is 19.0 Å². The predicted octanol–water partition coefficient (Wildman–Crippen LogP) is 3.62. The number of hydrogen-bond acceptors (Lipinski definition) is 2. The normalized spacial score (nSPS) is 10.7. The Labute approximate surface area is 176 Å². The van der Waals surface area contributed by atoms with Crippen molar-refractivity contribution in [3.8, 4) is 0 Å². The fourth-order valence-corrected chi connectivity index (χ4v) is 2.62. The molecule has 0 heterocycles. The summed E-state index contributed by atoms with van der Waals surface area (Å²) < 4.78 is 13.1. The average molecular weight is 484 g/mol. The molecule has 5 nitrogen and oxygen atoms in total. The maximum Gasteiger partial charge on any atom is 0.221 e. The molecule has 0 aliphatic heterocycles. The number of nitrogens with one attached hydrogen (secondary N) is 3. The van der Waals surface area contributed by atoms with Crippen LogP contribution in [0, 0.1) is 12.7 Å². The van der Waals surface area contributed by atoms with Gasteiger partial charge in [0.25, 0.3) is 0 Å². The van der Waals surface area contributed by atoms with Crippen molar-refractivity contribution in [2.45, 2.75) is 26.8 Å². The minimum atomic E-state index is -0.210. The first kappa shape index (κ1) is 22.9. The average Bonchev–Trinajstić information content (AvgIpc) is 2.59. The van der Waals surface area contributed by atoms with Gasteiger partial charge in [-0.25, -0.2) is 4.39 Å². The molecule has 2 aromatic carbocycles. The van der Waals surface area contributed by atoms with Gasteiger partial charge in [-0.2, -0.15) is 0 Å². The van der Waals surface area contributed by atoms with Gasteiger partial charge in [0, 0.05) is 32.7 Å². The first-order valence-electron chi connectivity index (χ1n) is 8.54. The Hall–Kier alpha value is -2.16. The summed E-state index contributed by atoms with van der Waals surface area (Å²) in [5.41, 5.74) is 3.86. The minimum absolute atomic E-state index is 0. The summed E-state index contributed by atoms with van der Waals surface area (Å²) in [7, 11) is 1.71. The van der Waals surface area contributed by atoms with E-state index in [9.17, 15) is 9.18 Å². The zero-order chi connectivity index (χ0) is 18.9. The fraction of sp³-hybridized carbons (Fsp3) is 0.300. The van der Waals surface area contributed by atoms with Gasteiger partial charge < -0.3 is 16.0 Å². The van der Waals surface area contributed by atoms with E-state index in [-0.39, 0.29) is 35.7 Å². The van der Waals surface area contributed by atoms with Crippen molar-refractivity contribution in [1.29, 1.82) is 0 Å². The van der Waals surface area contributed by atoms with E-state index in [1.165, 1.54) is 13.0 Å². The first-order valence-corrected chi connectivity index (χ1v) is 8.54. The van der Waals surface area contributed by atoms with Crippen LogP contribution < -0.4 is 16.0 Å². The van der Waals surface area contributed by atoms with E-state index < -0.39 is 0 Å². The zero-order valence-electron chi connectivity index (χ0n) is 15.8. The molecule has 2 aromatic rings. The highest BCUT2D eigenvalue weighted by Crippen LogP contribution is 2.11. The molecule has 0 saturated carbocycles. The second-order valence-corrected chi connectivity index (χ2v) is 6.05. The maximum absolute atomic E-state index is 13.1. The van der Waals surface area contributed by atoms with Crippen LogP contribution in [0.15, 0.2) is 47.5 Å². The molecular formula is C20H26FIN4O. The third-order valence-corrected chi connectivity index (χ3v) is 3.92. The monoisotopic (exact) mass is 484 g/mol. The van der Waals surface area contributed by atoms with Gasteiger partial charge in [-0.3, -0.25) is 9.79 Å². The molecule has 1 amide bonds. The summed E-state index contributed by atoms with van der Waals surface area (Å²) in [6.07, 6.45) is 0.783. The number of aryl methyl sites for hydroxylation is 1. The van der Waals surface area contributed by atoms with Crippen LogP contribution in [0.25, 0.3) is 0 Å². The van der Waals surface area contributed by atoms with E-state index in [1.807, 2.05) is 37.3 Å². The van der Waals surface area contributed by atoms with E-state index in [1.54, 1.807) is 13.1 Å². The Morgan fingerprint density at radius 3 is 2.59 bits per heavy atom. The lowest BCUT2D eigenvalue weighted by Gasteiger charge is -2.13. The number of guanidine groups is 1. The summed E-state index contributed by atoms with van der Waals surface area (Å²) >= 11 is 0. The predicted molar refractivity (Wildman–Crippen MR) is 119 cm³/mol. The number of hydrogen-bond donors (Lipinski definition) is 3. The Morgan fingerprint density at radius 1 is 1.15 bits per heavy atom. The van der Waals surface area contributed by atoms with Crippen LogP contribution in [0.2, 0.25) is 0 Å². The topological polar surface area (TPSA) is 65.5 Å². The lowest BCUT2D eigenvalue weighted by molar-refractivity contribution is -0.114. The highest BCUT2D eigenvalue weighted by molar-refractivity contribution is 14.0. The highest BCUT2D eigenvalue weighted by atomic mass is 127. The third-order valence-electron chi connectivity index (χ3n) is 3.92. The third kappa shape index (κ3) is 7.94. The standard InChI is InChI=1S/C20H25FN4O.HI/c1-14-11-18(21)8-7-17(14)9-10-23-20(22-3)24-13-16-5-4-6-19(12-16)25-15(2)26;/h4-8,11-12H,9-10,13H2,1-3H3,(H,25,26)(H2,22,23,24);1H. The van der Waals surface area contributed by atoms with Crippen LogP contribution >= 0.6 is 24.0 Å². The van der Waals surface area contributed by atoms with Crippen LogP contribution in [0.1, 0.15) is 23.6 Å². The molecule has 0 saturated heterocycles. The van der Waals surface area contributed by atoms with Gasteiger partial charge in [0.1, 0.15) is 5.82 Å². The van der Waals surface area contributed by atoms with Gasteiger partial charge in [-0.05, 0) is 54.3 Å². The number of carbonyl (C=O) groups is 1. The Morgan fingerprint density at radius 2 is 1.93 bits per heavy atom. The summed E-state index contributed by atoms with van der Waals surface area (Å²) in [6, 6.07) is 12.5. The number of benzene rings is 2. The quantitative estimate of drug-likeness (QED) is 0.334. The van der Waals surface area contributed by atoms with Crippen molar-refractivity contribution in [3.05, 3.63) is 65.0 Å². The Balaban J connectivity index is 0.00000364. The number of nitrogens with zero attached hydrogens (tertiary/aromatic N) is 1. The van der Waals surface area contributed by atoms with Gasteiger partial charge in [0.05, 0.1) is 0 Å². The number of aliphatic imine (C=N–C) groups is 1. The molecule has 0 fully saturated rings. The number of halogens is 2. The molecule has 0 radical (unpaired) electrons. The Bertz CT molecular complexity index is 795. The molecule has 0 atom stereocenters. The van der Waals surface area contributed by atoms with Crippen LogP contribution in [-0.4, -0.2) is 25.5 Å². The highest BCUT2D eigenvalue weighted by Gasteiger charge is 2.03. The Kier molecular flexibility index (Phi) is 9.77. The van der Waals surface area contributed by atoms with Crippen molar-refractivity contribution in [3.63, 3.8) is 0 Å². The number of amides is 1. The van der Waals surface area contributed by atoms with Crippen molar-refractivity contribution >= 4 is 41.5 Å². The van der Waals surface area contributed by atoms with Gasteiger partial charge in [0.2, 0.25) is 5.91 Å². The second-order valence-electron chi connectivity index (χ2n) is 6.05.